The van der Waals surface area contributed by atoms with Gasteiger partial charge in [0.25, 0.3) is 5.91 Å². The number of hydrogen-bond acceptors (Lipinski definition) is 5. The Morgan fingerprint density at radius 2 is 1.89 bits per heavy atom. The van der Waals surface area contributed by atoms with Crippen LogP contribution in [0.5, 0.6) is 5.88 Å². The monoisotopic (exact) mass is 389 g/mol. The zero-order valence-corrected chi connectivity index (χ0v) is 15.7. The second kappa shape index (κ2) is 8.49. The van der Waals surface area contributed by atoms with Crippen LogP contribution < -0.4 is 15.2 Å². The highest BCUT2D eigenvalue weighted by Gasteiger charge is 2.17. The molecule has 8 heteroatoms. The van der Waals surface area contributed by atoms with E-state index in [1.807, 2.05) is 0 Å². The lowest BCUT2D eigenvalue weighted by atomic mass is 10.1. The van der Waals surface area contributed by atoms with E-state index in [1.165, 1.54) is 25.0 Å². The zero-order valence-electron chi connectivity index (χ0n) is 14.9. The molecule has 1 heterocycles. The first-order valence-corrected chi connectivity index (χ1v) is 10.5. The van der Waals surface area contributed by atoms with Crippen molar-refractivity contribution in [2.45, 2.75) is 43.1 Å². The van der Waals surface area contributed by atoms with Gasteiger partial charge in [0.15, 0.2) is 0 Å². The molecule has 0 aliphatic heterocycles. The third-order valence-electron chi connectivity index (χ3n) is 4.54. The van der Waals surface area contributed by atoms with Crippen molar-refractivity contribution in [2.24, 2.45) is 5.14 Å². The van der Waals surface area contributed by atoms with Crippen molar-refractivity contribution < 1.29 is 17.9 Å². The van der Waals surface area contributed by atoms with Gasteiger partial charge in [-0.1, -0.05) is 12.1 Å². The van der Waals surface area contributed by atoms with Crippen molar-refractivity contribution >= 4 is 15.9 Å². The van der Waals surface area contributed by atoms with Gasteiger partial charge in [0.1, 0.15) is 6.10 Å². The lowest BCUT2D eigenvalue weighted by molar-refractivity contribution is 0.0953. The summed E-state index contributed by atoms with van der Waals surface area (Å²) in [6.45, 7) is 0.425. The van der Waals surface area contributed by atoms with E-state index in [0.29, 0.717) is 24.4 Å². The van der Waals surface area contributed by atoms with E-state index in [4.69, 9.17) is 9.88 Å². The molecule has 2 aromatic rings. The molecule has 1 fully saturated rings. The molecule has 1 aromatic carbocycles. The molecular weight excluding hydrogens is 366 g/mol. The maximum atomic E-state index is 12.3. The van der Waals surface area contributed by atoms with E-state index in [-0.39, 0.29) is 16.9 Å². The minimum atomic E-state index is -3.69. The van der Waals surface area contributed by atoms with Gasteiger partial charge in [-0.3, -0.25) is 4.79 Å². The molecule has 1 aromatic heterocycles. The summed E-state index contributed by atoms with van der Waals surface area (Å²) >= 11 is 0. The summed E-state index contributed by atoms with van der Waals surface area (Å²) in [5.74, 6) is 0.281. The molecule has 3 rings (SSSR count). The van der Waals surface area contributed by atoms with Gasteiger partial charge in [-0.2, -0.15) is 0 Å². The Kier molecular flexibility index (Phi) is 6.08. The predicted molar refractivity (Wildman–Crippen MR) is 101 cm³/mol. The predicted octanol–water partition coefficient (Wildman–Crippen LogP) is 2.02. The standard InChI is InChI=1S/C19H23N3O4S/c20-27(24,25)17-7-5-14(6-8-17)9-11-22-19(23)15-10-12-21-18(13-15)26-16-3-1-2-4-16/h5-8,10,12-13,16H,1-4,9,11H2,(H,22,23)(H2,20,24,25). The van der Waals surface area contributed by atoms with Crippen LogP contribution in [0.3, 0.4) is 0 Å². The van der Waals surface area contributed by atoms with Crippen LogP contribution in [0.25, 0.3) is 0 Å². The number of carbonyl (C=O) groups excluding carboxylic acids is 1. The third-order valence-corrected chi connectivity index (χ3v) is 5.47. The third kappa shape index (κ3) is 5.51. The Hall–Kier alpha value is -2.45. The summed E-state index contributed by atoms with van der Waals surface area (Å²) in [6.07, 6.45) is 6.74. The van der Waals surface area contributed by atoms with E-state index in [1.54, 1.807) is 30.5 Å². The highest BCUT2D eigenvalue weighted by molar-refractivity contribution is 7.89. The number of pyridine rings is 1. The number of nitrogens with two attached hydrogens (primary N) is 1. The number of aromatic nitrogens is 1. The number of hydrogen-bond donors (Lipinski definition) is 2. The van der Waals surface area contributed by atoms with Crippen molar-refractivity contribution in [3.05, 3.63) is 53.7 Å². The molecule has 1 aliphatic rings. The second-order valence-electron chi connectivity index (χ2n) is 6.60. The van der Waals surface area contributed by atoms with Crippen molar-refractivity contribution in [2.75, 3.05) is 6.54 Å². The number of nitrogens with zero attached hydrogens (tertiary/aromatic N) is 1. The summed E-state index contributed by atoms with van der Waals surface area (Å²) in [6, 6.07) is 9.61. The molecule has 27 heavy (non-hydrogen) atoms. The molecule has 144 valence electrons. The first-order chi connectivity index (χ1) is 12.9. The first-order valence-electron chi connectivity index (χ1n) is 8.94. The van der Waals surface area contributed by atoms with Crippen LogP contribution in [-0.2, 0) is 16.4 Å². The molecule has 7 nitrogen and oxygen atoms in total. The molecular formula is C19H23N3O4S. The van der Waals surface area contributed by atoms with Crippen LogP contribution in [0, 0.1) is 0 Å². The zero-order chi connectivity index (χ0) is 19.3. The molecule has 3 N–H and O–H groups in total. The molecule has 0 spiro atoms. The average Bonchev–Trinajstić information content (AvgIpc) is 3.14. The molecule has 0 unspecified atom stereocenters. The van der Waals surface area contributed by atoms with E-state index in [2.05, 4.69) is 10.3 Å². The molecule has 0 atom stereocenters. The Bertz CT molecular complexity index is 891. The number of primary sulfonamides is 1. The minimum Gasteiger partial charge on any atom is -0.474 e. The lowest BCUT2D eigenvalue weighted by Gasteiger charge is -2.12. The Morgan fingerprint density at radius 1 is 1.19 bits per heavy atom. The molecule has 1 aliphatic carbocycles. The second-order valence-corrected chi connectivity index (χ2v) is 8.16. The van der Waals surface area contributed by atoms with Crippen molar-refractivity contribution in [1.82, 2.24) is 10.3 Å². The van der Waals surface area contributed by atoms with E-state index in [9.17, 15) is 13.2 Å². The summed E-state index contributed by atoms with van der Waals surface area (Å²) in [4.78, 5) is 16.6. The fourth-order valence-electron chi connectivity index (χ4n) is 3.06. The van der Waals surface area contributed by atoms with Gasteiger partial charge in [0.05, 0.1) is 4.90 Å². The van der Waals surface area contributed by atoms with Crippen LogP contribution in [0.15, 0.2) is 47.5 Å². The minimum absolute atomic E-state index is 0.0712. The highest BCUT2D eigenvalue weighted by atomic mass is 32.2. The van der Waals surface area contributed by atoms with Gasteiger partial charge in [-0.25, -0.2) is 18.5 Å². The Morgan fingerprint density at radius 3 is 2.56 bits per heavy atom. The van der Waals surface area contributed by atoms with Gasteiger partial charge in [-0.05, 0) is 55.9 Å². The number of benzene rings is 1. The van der Waals surface area contributed by atoms with Crippen molar-refractivity contribution in [3.8, 4) is 5.88 Å². The van der Waals surface area contributed by atoms with E-state index >= 15 is 0 Å². The maximum absolute atomic E-state index is 12.3. The van der Waals surface area contributed by atoms with Crippen LogP contribution in [0.1, 0.15) is 41.6 Å². The maximum Gasteiger partial charge on any atom is 0.251 e. The van der Waals surface area contributed by atoms with Crippen LogP contribution in [0.2, 0.25) is 0 Å². The SMILES string of the molecule is NS(=O)(=O)c1ccc(CCNC(=O)c2ccnc(OC3CCCC3)c2)cc1. The smallest absolute Gasteiger partial charge is 0.251 e. The van der Waals surface area contributed by atoms with Crippen LogP contribution >= 0.6 is 0 Å². The quantitative estimate of drug-likeness (QED) is 0.752. The summed E-state index contributed by atoms with van der Waals surface area (Å²) in [5.41, 5.74) is 1.41. The van der Waals surface area contributed by atoms with Crippen molar-refractivity contribution in [1.29, 1.82) is 0 Å². The van der Waals surface area contributed by atoms with E-state index < -0.39 is 10.0 Å². The van der Waals surface area contributed by atoms with Gasteiger partial charge in [-0.15, -0.1) is 0 Å². The fourth-order valence-corrected chi connectivity index (χ4v) is 3.58. The van der Waals surface area contributed by atoms with Gasteiger partial charge in [0, 0.05) is 24.4 Å². The topological polar surface area (TPSA) is 111 Å². The number of carbonyl (C=O) groups is 1. The first kappa shape index (κ1) is 19.3. The van der Waals surface area contributed by atoms with Gasteiger partial charge in [0.2, 0.25) is 15.9 Å². The number of sulfonamides is 1. The number of rotatable bonds is 7. The summed E-state index contributed by atoms with van der Waals surface area (Å²) in [7, 11) is -3.69. The highest BCUT2D eigenvalue weighted by Crippen LogP contribution is 2.23. The molecule has 0 saturated heterocycles. The molecule has 1 saturated carbocycles. The molecule has 0 bridgehead atoms. The van der Waals surface area contributed by atoms with Crippen LogP contribution in [0.4, 0.5) is 0 Å². The normalized spacial score (nSPS) is 14.9. The number of ether oxygens (including phenoxy) is 1. The summed E-state index contributed by atoms with van der Waals surface area (Å²) < 4.78 is 28.3. The average molecular weight is 389 g/mol. The van der Waals surface area contributed by atoms with E-state index in [0.717, 1.165) is 18.4 Å². The Labute approximate surface area is 159 Å². The van der Waals surface area contributed by atoms with Gasteiger partial charge < -0.3 is 10.1 Å². The van der Waals surface area contributed by atoms with Crippen LogP contribution in [-0.4, -0.2) is 32.0 Å². The molecule has 1 amide bonds. The lowest BCUT2D eigenvalue weighted by Crippen LogP contribution is -2.26. The number of nitrogens with one attached hydrogen (secondary N) is 1. The summed E-state index contributed by atoms with van der Waals surface area (Å²) in [5, 5.41) is 7.92. The number of amides is 1. The van der Waals surface area contributed by atoms with Crippen molar-refractivity contribution in [3.63, 3.8) is 0 Å². The largest absolute Gasteiger partial charge is 0.474 e. The fraction of sp³-hybridized carbons (Fsp3) is 0.368. The van der Waals surface area contributed by atoms with Gasteiger partial charge >= 0.3 is 0 Å². The Balaban J connectivity index is 1.51. The molecule has 0 radical (unpaired) electrons.